The van der Waals surface area contributed by atoms with Gasteiger partial charge in [0.15, 0.2) is 11.5 Å². The van der Waals surface area contributed by atoms with Gasteiger partial charge in [-0.15, -0.1) is 0 Å². The molecule has 0 spiro atoms. The summed E-state index contributed by atoms with van der Waals surface area (Å²) < 4.78 is 16.8. The lowest BCUT2D eigenvalue weighted by Crippen LogP contribution is -2.24. The summed E-state index contributed by atoms with van der Waals surface area (Å²) in [5.41, 5.74) is 2.86. The molecular formula is C18H19NO5. The monoisotopic (exact) mass is 329 g/mol. The van der Waals surface area contributed by atoms with Crippen molar-refractivity contribution in [2.75, 3.05) is 14.2 Å². The topological polar surface area (TPSA) is 70.8 Å². The van der Waals surface area contributed by atoms with Gasteiger partial charge in [-0.2, -0.15) is 0 Å². The van der Waals surface area contributed by atoms with Crippen molar-refractivity contribution in [2.45, 2.75) is 25.6 Å². The summed E-state index contributed by atoms with van der Waals surface area (Å²) in [5.74, 6) is 1.29. The minimum absolute atomic E-state index is 0.000127. The summed E-state index contributed by atoms with van der Waals surface area (Å²) in [6, 6.07) is 10.4. The lowest BCUT2D eigenvalue weighted by atomic mass is 9.90. The van der Waals surface area contributed by atoms with E-state index in [1.807, 2.05) is 25.1 Å². The Morgan fingerprint density at radius 2 is 1.88 bits per heavy atom. The maximum atomic E-state index is 11.1. The fraction of sp³-hybridized carbons (Fsp3) is 0.333. The molecule has 0 N–H and O–H groups in total. The van der Waals surface area contributed by atoms with Gasteiger partial charge in [0, 0.05) is 12.1 Å². The van der Waals surface area contributed by atoms with Gasteiger partial charge >= 0.3 is 0 Å². The van der Waals surface area contributed by atoms with E-state index in [2.05, 4.69) is 0 Å². The maximum Gasteiger partial charge on any atom is 0.269 e. The fourth-order valence-corrected chi connectivity index (χ4v) is 3.08. The van der Waals surface area contributed by atoms with Gasteiger partial charge in [0.25, 0.3) is 5.69 Å². The number of non-ortho nitro benzene ring substituents is 1. The SMILES string of the molecule is COc1cc2c(cc1OC)[C@@H](c1cccc([N+](=O)[O-])c1)O[C@@H](C)C2. The highest BCUT2D eigenvalue weighted by atomic mass is 16.6. The first-order valence-electron chi connectivity index (χ1n) is 7.68. The first-order chi connectivity index (χ1) is 11.5. The lowest BCUT2D eigenvalue weighted by molar-refractivity contribution is -0.385. The Kier molecular flexibility index (Phi) is 4.40. The summed E-state index contributed by atoms with van der Waals surface area (Å²) in [6.07, 6.45) is 0.379. The number of nitrogens with zero attached hydrogens (tertiary/aromatic N) is 1. The van der Waals surface area contributed by atoms with Crippen LogP contribution < -0.4 is 9.47 Å². The van der Waals surface area contributed by atoms with Crippen LogP contribution in [0.5, 0.6) is 11.5 Å². The smallest absolute Gasteiger partial charge is 0.269 e. The molecule has 1 heterocycles. The number of benzene rings is 2. The van der Waals surface area contributed by atoms with Gasteiger partial charge in [0.2, 0.25) is 0 Å². The predicted molar refractivity (Wildman–Crippen MR) is 88.7 cm³/mol. The van der Waals surface area contributed by atoms with E-state index in [0.29, 0.717) is 11.5 Å². The molecule has 2 aromatic rings. The molecule has 126 valence electrons. The standard InChI is InChI=1S/C18H19NO5/c1-11-7-13-9-16(22-2)17(23-3)10-15(13)18(24-11)12-5-4-6-14(8-12)19(20)21/h4-6,8-11,18H,7H2,1-3H3/t11-,18+/m0/s1. The van der Waals surface area contributed by atoms with E-state index in [-0.39, 0.29) is 17.9 Å². The Labute approximate surface area is 140 Å². The van der Waals surface area contributed by atoms with Crippen molar-refractivity contribution in [3.63, 3.8) is 0 Å². The molecule has 0 saturated carbocycles. The van der Waals surface area contributed by atoms with Crippen LogP contribution in [0.4, 0.5) is 5.69 Å². The third-order valence-electron chi connectivity index (χ3n) is 4.19. The number of ether oxygens (including phenoxy) is 3. The summed E-state index contributed by atoms with van der Waals surface area (Å²) in [7, 11) is 3.18. The quantitative estimate of drug-likeness (QED) is 0.632. The van der Waals surface area contributed by atoms with Gasteiger partial charge in [-0.3, -0.25) is 10.1 Å². The first-order valence-corrected chi connectivity index (χ1v) is 7.68. The van der Waals surface area contributed by atoms with Gasteiger partial charge in [-0.1, -0.05) is 12.1 Å². The van der Waals surface area contributed by atoms with Crippen LogP contribution in [0.2, 0.25) is 0 Å². The lowest BCUT2D eigenvalue weighted by Gasteiger charge is -2.31. The number of rotatable bonds is 4. The maximum absolute atomic E-state index is 11.1. The minimum Gasteiger partial charge on any atom is -0.493 e. The second-order valence-corrected chi connectivity index (χ2v) is 5.79. The average Bonchev–Trinajstić information content (AvgIpc) is 2.59. The number of nitro benzene ring substituents is 1. The highest BCUT2D eigenvalue weighted by Crippen LogP contribution is 2.41. The van der Waals surface area contributed by atoms with Crippen molar-refractivity contribution >= 4 is 5.69 Å². The molecule has 24 heavy (non-hydrogen) atoms. The van der Waals surface area contributed by atoms with E-state index in [1.54, 1.807) is 26.4 Å². The van der Waals surface area contributed by atoms with Crippen LogP contribution in [0.1, 0.15) is 29.7 Å². The second-order valence-electron chi connectivity index (χ2n) is 5.79. The molecule has 0 bridgehead atoms. The van der Waals surface area contributed by atoms with Crippen molar-refractivity contribution in [1.82, 2.24) is 0 Å². The van der Waals surface area contributed by atoms with Crippen molar-refractivity contribution in [1.29, 1.82) is 0 Å². The molecule has 0 aliphatic carbocycles. The number of hydrogen-bond donors (Lipinski definition) is 0. The minimum atomic E-state index is -0.398. The highest BCUT2D eigenvalue weighted by molar-refractivity contribution is 5.51. The van der Waals surface area contributed by atoms with Crippen molar-refractivity contribution in [2.24, 2.45) is 0 Å². The zero-order valence-electron chi connectivity index (χ0n) is 13.8. The zero-order valence-corrected chi connectivity index (χ0v) is 13.8. The molecule has 6 nitrogen and oxygen atoms in total. The Balaban J connectivity index is 2.11. The van der Waals surface area contributed by atoms with E-state index in [4.69, 9.17) is 14.2 Å². The van der Waals surface area contributed by atoms with E-state index in [0.717, 1.165) is 23.1 Å². The summed E-state index contributed by atoms with van der Waals surface area (Å²) in [4.78, 5) is 10.7. The summed E-state index contributed by atoms with van der Waals surface area (Å²) in [5, 5.41) is 11.1. The first kappa shape index (κ1) is 16.3. The normalized spacial score (nSPS) is 19.5. The third kappa shape index (κ3) is 2.92. The molecule has 1 aliphatic rings. The van der Waals surface area contributed by atoms with Gasteiger partial charge < -0.3 is 14.2 Å². The number of hydrogen-bond acceptors (Lipinski definition) is 5. The summed E-state index contributed by atoms with van der Waals surface area (Å²) in [6.45, 7) is 1.99. The Bertz CT molecular complexity index is 774. The van der Waals surface area contributed by atoms with Crippen LogP contribution >= 0.6 is 0 Å². The molecule has 0 radical (unpaired) electrons. The van der Waals surface area contributed by atoms with Gasteiger partial charge in [0.1, 0.15) is 6.10 Å². The zero-order chi connectivity index (χ0) is 17.3. The highest BCUT2D eigenvalue weighted by Gasteiger charge is 2.29. The molecule has 0 fully saturated rings. The molecule has 0 unspecified atom stereocenters. The molecule has 0 saturated heterocycles. The van der Waals surface area contributed by atoms with Crippen LogP contribution in [0.15, 0.2) is 36.4 Å². The van der Waals surface area contributed by atoms with Gasteiger partial charge in [-0.05, 0) is 42.2 Å². The molecule has 0 amide bonds. The van der Waals surface area contributed by atoms with Gasteiger partial charge in [-0.25, -0.2) is 0 Å². The molecule has 0 aromatic heterocycles. The molecule has 1 aliphatic heterocycles. The van der Waals surface area contributed by atoms with Crippen molar-refractivity contribution in [3.05, 3.63) is 63.2 Å². The molecule has 6 heteroatoms. The molecule has 2 aromatic carbocycles. The summed E-state index contributed by atoms with van der Waals surface area (Å²) >= 11 is 0. The third-order valence-corrected chi connectivity index (χ3v) is 4.19. The largest absolute Gasteiger partial charge is 0.493 e. The van der Waals surface area contributed by atoms with E-state index >= 15 is 0 Å². The van der Waals surface area contributed by atoms with Crippen molar-refractivity contribution in [3.8, 4) is 11.5 Å². The predicted octanol–water partition coefficient (Wildman–Crippen LogP) is 3.66. The Hall–Kier alpha value is -2.60. The number of nitro groups is 1. The Morgan fingerprint density at radius 1 is 1.17 bits per heavy atom. The Morgan fingerprint density at radius 3 is 2.54 bits per heavy atom. The van der Waals surface area contributed by atoms with Crippen LogP contribution in [-0.4, -0.2) is 25.2 Å². The number of methoxy groups -OCH3 is 2. The second kappa shape index (κ2) is 6.49. The van der Waals surface area contributed by atoms with E-state index in [1.165, 1.54) is 6.07 Å². The van der Waals surface area contributed by atoms with E-state index in [9.17, 15) is 10.1 Å². The van der Waals surface area contributed by atoms with Gasteiger partial charge in [0.05, 0.1) is 25.2 Å². The average molecular weight is 329 g/mol. The molecular weight excluding hydrogens is 310 g/mol. The number of fused-ring (bicyclic) bond motifs is 1. The van der Waals surface area contributed by atoms with Crippen LogP contribution in [0.3, 0.4) is 0 Å². The van der Waals surface area contributed by atoms with Crippen molar-refractivity contribution < 1.29 is 19.1 Å². The van der Waals surface area contributed by atoms with Crippen LogP contribution in [0.25, 0.3) is 0 Å². The fourth-order valence-electron chi connectivity index (χ4n) is 3.08. The van der Waals surface area contributed by atoms with Crippen LogP contribution in [-0.2, 0) is 11.2 Å². The van der Waals surface area contributed by atoms with E-state index < -0.39 is 4.92 Å². The van der Waals surface area contributed by atoms with Crippen LogP contribution in [0, 0.1) is 10.1 Å². The molecule has 3 rings (SSSR count). The molecule has 2 atom stereocenters.